The van der Waals surface area contributed by atoms with Crippen molar-refractivity contribution in [1.82, 2.24) is 15.6 Å². The van der Waals surface area contributed by atoms with Crippen LogP contribution in [0.5, 0.6) is 0 Å². The number of aromatic nitrogens is 1. The van der Waals surface area contributed by atoms with Crippen molar-refractivity contribution >= 4 is 5.91 Å². The molecule has 4 heteroatoms. The fourth-order valence-corrected chi connectivity index (χ4v) is 2.11. The van der Waals surface area contributed by atoms with Crippen LogP contribution < -0.4 is 10.6 Å². The number of carbonyl (C=O) groups excluding carboxylic acids is 1. The highest BCUT2D eigenvalue weighted by atomic mass is 16.1. The first-order valence-corrected chi connectivity index (χ1v) is 6.21. The van der Waals surface area contributed by atoms with E-state index in [4.69, 9.17) is 0 Å². The van der Waals surface area contributed by atoms with Crippen LogP contribution in [0, 0.1) is 5.92 Å². The molecule has 4 nitrogen and oxygen atoms in total. The zero-order valence-electron chi connectivity index (χ0n) is 9.98. The Morgan fingerprint density at radius 2 is 2.53 bits per heavy atom. The highest BCUT2D eigenvalue weighted by Gasteiger charge is 2.13. The second kappa shape index (κ2) is 6.35. The van der Waals surface area contributed by atoms with E-state index in [1.54, 1.807) is 12.4 Å². The molecule has 2 N–H and O–H groups in total. The van der Waals surface area contributed by atoms with E-state index in [1.807, 2.05) is 12.1 Å². The first-order valence-electron chi connectivity index (χ1n) is 6.21. The Bertz CT molecular complexity index is 347. The number of piperidine rings is 1. The molecule has 1 fully saturated rings. The van der Waals surface area contributed by atoms with E-state index in [0.29, 0.717) is 12.3 Å². The number of nitrogens with one attached hydrogen (secondary N) is 2. The fraction of sp³-hybridized carbons (Fsp3) is 0.538. The number of pyridine rings is 1. The van der Waals surface area contributed by atoms with Crippen LogP contribution in [0.25, 0.3) is 0 Å². The summed E-state index contributed by atoms with van der Waals surface area (Å²) in [6.07, 6.45) is 6.30. The molecule has 17 heavy (non-hydrogen) atoms. The Morgan fingerprint density at radius 1 is 1.59 bits per heavy atom. The number of carbonyl (C=O) groups is 1. The standard InChI is InChI=1S/C13H19N3O/c17-13(7-11-3-1-5-14-8-11)16-10-12-4-2-6-15-9-12/h1,3,5,8,12,15H,2,4,6-7,9-10H2,(H,16,17). The van der Waals surface area contributed by atoms with Crippen molar-refractivity contribution in [3.8, 4) is 0 Å². The molecular weight excluding hydrogens is 214 g/mol. The lowest BCUT2D eigenvalue weighted by Crippen LogP contribution is -2.38. The minimum Gasteiger partial charge on any atom is -0.355 e. The quantitative estimate of drug-likeness (QED) is 0.806. The van der Waals surface area contributed by atoms with Crippen LogP contribution in [0.2, 0.25) is 0 Å². The average Bonchev–Trinajstić information content (AvgIpc) is 2.39. The Labute approximate surface area is 102 Å². The van der Waals surface area contributed by atoms with Gasteiger partial charge in [0.2, 0.25) is 5.91 Å². The third kappa shape index (κ3) is 4.15. The number of hydrogen-bond donors (Lipinski definition) is 2. The zero-order chi connectivity index (χ0) is 11.9. The predicted octanol–water partition coefficient (Wildman–Crippen LogP) is 0.740. The summed E-state index contributed by atoms with van der Waals surface area (Å²) in [5, 5.41) is 6.34. The smallest absolute Gasteiger partial charge is 0.224 e. The molecule has 0 aliphatic carbocycles. The van der Waals surface area contributed by atoms with Gasteiger partial charge in [0.25, 0.3) is 0 Å². The normalized spacial score (nSPS) is 19.9. The Kier molecular flexibility index (Phi) is 4.50. The van der Waals surface area contributed by atoms with Crippen LogP contribution in [0.3, 0.4) is 0 Å². The Morgan fingerprint density at radius 3 is 3.24 bits per heavy atom. The van der Waals surface area contributed by atoms with Crippen LogP contribution in [-0.4, -0.2) is 30.5 Å². The van der Waals surface area contributed by atoms with Crippen molar-refractivity contribution in [2.24, 2.45) is 5.92 Å². The van der Waals surface area contributed by atoms with Gasteiger partial charge < -0.3 is 10.6 Å². The van der Waals surface area contributed by atoms with Gasteiger partial charge in [-0.3, -0.25) is 9.78 Å². The largest absolute Gasteiger partial charge is 0.355 e. The molecule has 1 aliphatic heterocycles. The van der Waals surface area contributed by atoms with Gasteiger partial charge >= 0.3 is 0 Å². The molecule has 1 unspecified atom stereocenters. The molecule has 92 valence electrons. The van der Waals surface area contributed by atoms with Crippen LogP contribution in [0.4, 0.5) is 0 Å². The molecule has 2 rings (SSSR count). The summed E-state index contributed by atoms with van der Waals surface area (Å²) in [6, 6.07) is 3.78. The highest BCUT2D eigenvalue weighted by molar-refractivity contribution is 5.78. The maximum Gasteiger partial charge on any atom is 0.224 e. The second-order valence-corrected chi connectivity index (χ2v) is 4.55. The first kappa shape index (κ1) is 12.0. The summed E-state index contributed by atoms with van der Waals surface area (Å²) < 4.78 is 0. The maximum atomic E-state index is 11.7. The van der Waals surface area contributed by atoms with Crippen LogP contribution >= 0.6 is 0 Å². The maximum absolute atomic E-state index is 11.7. The summed E-state index contributed by atoms with van der Waals surface area (Å²) in [4.78, 5) is 15.7. The fourth-order valence-electron chi connectivity index (χ4n) is 2.11. The number of rotatable bonds is 4. The van der Waals surface area contributed by atoms with Crippen molar-refractivity contribution in [3.63, 3.8) is 0 Å². The van der Waals surface area contributed by atoms with Gasteiger partial charge in [-0.2, -0.15) is 0 Å². The van der Waals surface area contributed by atoms with E-state index in [2.05, 4.69) is 15.6 Å². The van der Waals surface area contributed by atoms with Crippen molar-refractivity contribution in [2.45, 2.75) is 19.3 Å². The first-order chi connectivity index (χ1) is 8.34. The van der Waals surface area contributed by atoms with E-state index in [1.165, 1.54) is 12.8 Å². The summed E-state index contributed by atoms with van der Waals surface area (Å²) in [6.45, 7) is 2.92. The molecule has 1 aromatic heterocycles. The van der Waals surface area contributed by atoms with Gasteiger partial charge in [0.05, 0.1) is 6.42 Å². The molecule has 2 heterocycles. The van der Waals surface area contributed by atoms with Crippen molar-refractivity contribution in [1.29, 1.82) is 0 Å². The van der Waals surface area contributed by atoms with Crippen LogP contribution in [0.1, 0.15) is 18.4 Å². The predicted molar refractivity (Wildman–Crippen MR) is 66.5 cm³/mol. The van der Waals surface area contributed by atoms with E-state index in [9.17, 15) is 4.79 Å². The summed E-state index contributed by atoms with van der Waals surface area (Å²) in [7, 11) is 0. The third-order valence-electron chi connectivity index (χ3n) is 3.07. The van der Waals surface area contributed by atoms with Gasteiger partial charge in [-0.05, 0) is 43.5 Å². The van der Waals surface area contributed by atoms with Crippen molar-refractivity contribution in [2.75, 3.05) is 19.6 Å². The lowest BCUT2D eigenvalue weighted by atomic mass is 10.00. The topological polar surface area (TPSA) is 54.0 Å². The van der Waals surface area contributed by atoms with Crippen LogP contribution in [-0.2, 0) is 11.2 Å². The van der Waals surface area contributed by atoms with Crippen LogP contribution in [0.15, 0.2) is 24.5 Å². The molecule has 0 spiro atoms. The third-order valence-corrected chi connectivity index (χ3v) is 3.07. The molecule has 1 amide bonds. The molecule has 0 saturated carbocycles. The average molecular weight is 233 g/mol. The summed E-state index contributed by atoms with van der Waals surface area (Å²) in [5.41, 5.74) is 0.965. The molecule has 0 radical (unpaired) electrons. The highest BCUT2D eigenvalue weighted by Crippen LogP contribution is 2.08. The van der Waals surface area contributed by atoms with Crippen molar-refractivity contribution < 1.29 is 4.79 Å². The van der Waals surface area contributed by atoms with E-state index in [-0.39, 0.29) is 5.91 Å². The minimum atomic E-state index is 0.0866. The molecule has 0 aromatic carbocycles. The molecule has 1 atom stereocenters. The SMILES string of the molecule is O=C(Cc1cccnc1)NCC1CCCNC1. The minimum absolute atomic E-state index is 0.0866. The van der Waals surface area contributed by atoms with E-state index >= 15 is 0 Å². The molecule has 1 aliphatic rings. The molecule has 1 aromatic rings. The van der Waals surface area contributed by atoms with Gasteiger partial charge in [-0.15, -0.1) is 0 Å². The monoisotopic (exact) mass is 233 g/mol. The van der Waals surface area contributed by atoms with Gasteiger partial charge in [-0.25, -0.2) is 0 Å². The molecule has 1 saturated heterocycles. The zero-order valence-corrected chi connectivity index (χ0v) is 9.98. The van der Waals surface area contributed by atoms with Gasteiger partial charge in [-0.1, -0.05) is 6.07 Å². The second-order valence-electron chi connectivity index (χ2n) is 4.55. The van der Waals surface area contributed by atoms with Gasteiger partial charge in [0.1, 0.15) is 0 Å². The van der Waals surface area contributed by atoms with E-state index in [0.717, 1.165) is 25.2 Å². The van der Waals surface area contributed by atoms with Gasteiger partial charge in [0.15, 0.2) is 0 Å². The lowest BCUT2D eigenvalue weighted by molar-refractivity contribution is -0.120. The summed E-state index contributed by atoms with van der Waals surface area (Å²) in [5.74, 6) is 0.671. The summed E-state index contributed by atoms with van der Waals surface area (Å²) >= 11 is 0. The Balaban J connectivity index is 1.70. The lowest BCUT2D eigenvalue weighted by Gasteiger charge is -2.22. The molecular formula is C13H19N3O. The molecule has 0 bridgehead atoms. The Hall–Kier alpha value is -1.42. The van der Waals surface area contributed by atoms with Crippen molar-refractivity contribution in [3.05, 3.63) is 30.1 Å². The van der Waals surface area contributed by atoms with Gasteiger partial charge in [0, 0.05) is 18.9 Å². The number of hydrogen-bond acceptors (Lipinski definition) is 3. The number of amides is 1. The van der Waals surface area contributed by atoms with E-state index < -0.39 is 0 Å². The number of nitrogens with zero attached hydrogens (tertiary/aromatic N) is 1.